The average molecular weight is 217 g/mol. The molecular weight excluding hydrogens is 202 g/mol. The minimum Gasteiger partial charge on any atom is -0.360 e. The zero-order valence-electron chi connectivity index (χ0n) is 8.91. The maximum absolute atomic E-state index is 9.09. The van der Waals surface area contributed by atoms with Crippen LogP contribution in [0.15, 0.2) is 54.6 Å². The van der Waals surface area contributed by atoms with Gasteiger partial charge in [0.1, 0.15) is 6.10 Å². The van der Waals surface area contributed by atoms with E-state index in [1.54, 1.807) is 12.2 Å². The Morgan fingerprint density at radius 2 is 2.00 bits per heavy atom. The highest BCUT2D eigenvalue weighted by atomic mass is 16.7. The van der Waals surface area contributed by atoms with Gasteiger partial charge in [-0.1, -0.05) is 48.6 Å². The molecule has 84 valence electrons. The van der Waals surface area contributed by atoms with E-state index in [4.69, 9.17) is 15.6 Å². The average Bonchev–Trinajstić information content (AvgIpc) is 3.03. The number of allylic oxidation sites excluding steroid dienone is 2. The molecule has 1 aliphatic carbocycles. The van der Waals surface area contributed by atoms with E-state index in [-0.39, 0.29) is 6.10 Å². The Balaban J connectivity index is 0.000000120. The van der Waals surface area contributed by atoms with Gasteiger partial charge in [-0.15, -0.1) is 0 Å². The smallest absolute Gasteiger partial charge is 0.217 e. The Hall–Kier alpha value is -1.42. The minimum absolute atomic E-state index is 0.0625. The van der Waals surface area contributed by atoms with E-state index in [0.717, 1.165) is 0 Å². The van der Waals surface area contributed by atoms with Crippen LogP contribution in [0.3, 0.4) is 0 Å². The first-order chi connectivity index (χ1) is 7.74. The lowest BCUT2D eigenvalue weighted by Crippen LogP contribution is -2.09. The number of hydrogen-bond donors (Lipinski definition) is 2. The second kappa shape index (κ2) is 4.61. The van der Waals surface area contributed by atoms with E-state index in [0.29, 0.717) is 6.54 Å². The fraction of sp³-hybridized carbons (Fsp3) is 0.231. The van der Waals surface area contributed by atoms with Gasteiger partial charge in [-0.05, 0) is 11.6 Å². The third-order valence-corrected chi connectivity index (χ3v) is 2.48. The van der Waals surface area contributed by atoms with Gasteiger partial charge in [0, 0.05) is 6.54 Å². The number of benzene rings is 1. The highest BCUT2D eigenvalue weighted by Gasteiger charge is 2.52. The first-order valence-corrected chi connectivity index (χ1v) is 5.25. The summed E-state index contributed by atoms with van der Waals surface area (Å²) in [5.41, 5.74) is 6.54. The number of hydrogen-bond acceptors (Lipinski definition) is 3. The van der Waals surface area contributed by atoms with E-state index in [1.165, 1.54) is 5.56 Å². The highest BCUT2D eigenvalue weighted by molar-refractivity contribution is 5.26. The largest absolute Gasteiger partial charge is 0.360 e. The molecule has 1 aromatic rings. The first kappa shape index (κ1) is 11.1. The third-order valence-electron chi connectivity index (χ3n) is 2.48. The zero-order valence-corrected chi connectivity index (χ0v) is 8.91. The van der Waals surface area contributed by atoms with Gasteiger partial charge in [-0.2, -0.15) is 0 Å². The summed E-state index contributed by atoms with van der Waals surface area (Å²) in [5, 5.41) is 9.09. The molecular formula is C13H15NO2. The predicted octanol–water partition coefficient (Wildman–Crippen LogP) is 1.35. The Morgan fingerprint density at radius 1 is 1.25 bits per heavy atom. The quantitative estimate of drug-likeness (QED) is 0.698. The molecule has 0 radical (unpaired) electrons. The summed E-state index contributed by atoms with van der Waals surface area (Å²) in [7, 11) is 0. The van der Waals surface area contributed by atoms with Crippen molar-refractivity contribution in [1.29, 1.82) is 0 Å². The molecule has 2 atom stereocenters. The molecule has 1 aliphatic heterocycles. The Morgan fingerprint density at radius 3 is 2.44 bits per heavy atom. The molecule has 3 nitrogen and oxygen atoms in total. The lowest BCUT2D eigenvalue weighted by atomic mass is 10.1. The van der Waals surface area contributed by atoms with Crippen molar-refractivity contribution in [3.63, 3.8) is 0 Å². The van der Waals surface area contributed by atoms with Gasteiger partial charge >= 0.3 is 0 Å². The molecule has 3 N–H and O–H groups in total. The summed E-state index contributed by atoms with van der Waals surface area (Å²) < 4.78 is 4.85. The van der Waals surface area contributed by atoms with Crippen LogP contribution in [0, 0.1) is 0 Å². The number of fused-ring (bicyclic) bond motifs is 1. The number of epoxide rings is 1. The molecule has 0 saturated carbocycles. The standard InChI is InChI=1S/C7H9N.C6H6O2/c8-6-7-4-2-1-3-5-7;7-6-4-2-1-3-5(6)8-6/h1-5H,6,8H2;1-5,7H. The fourth-order valence-electron chi connectivity index (χ4n) is 1.45. The van der Waals surface area contributed by atoms with Crippen molar-refractivity contribution < 1.29 is 9.84 Å². The minimum atomic E-state index is -0.922. The number of nitrogens with two attached hydrogens (primary N) is 1. The molecule has 0 bridgehead atoms. The van der Waals surface area contributed by atoms with Gasteiger partial charge in [0.15, 0.2) is 0 Å². The van der Waals surface area contributed by atoms with E-state index in [9.17, 15) is 0 Å². The predicted molar refractivity (Wildman–Crippen MR) is 62.4 cm³/mol. The van der Waals surface area contributed by atoms with Crippen LogP contribution in [0.5, 0.6) is 0 Å². The van der Waals surface area contributed by atoms with Crippen LogP contribution >= 0.6 is 0 Å². The highest BCUT2D eigenvalue weighted by Crippen LogP contribution is 2.37. The zero-order chi connectivity index (χ0) is 11.4. The molecule has 16 heavy (non-hydrogen) atoms. The topological polar surface area (TPSA) is 58.8 Å². The van der Waals surface area contributed by atoms with E-state index >= 15 is 0 Å². The fourth-order valence-corrected chi connectivity index (χ4v) is 1.45. The van der Waals surface area contributed by atoms with Crippen LogP contribution in [0.4, 0.5) is 0 Å². The molecule has 0 amide bonds. The van der Waals surface area contributed by atoms with Crippen molar-refractivity contribution in [2.75, 3.05) is 0 Å². The first-order valence-electron chi connectivity index (χ1n) is 5.25. The molecule has 1 aromatic carbocycles. The van der Waals surface area contributed by atoms with Crippen molar-refractivity contribution in [1.82, 2.24) is 0 Å². The monoisotopic (exact) mass is 217 g/mol. The normalized spacial score (nSPS) is 29.0. The van der Waals surface area contributed by atoms with Crippen LogP contribution in [-0.2, 0) is 11.3 Å². The summed E-state index contributed by atoms with van der Waals surface area (Å²) in [6.45, 7) is 0.640. The maximum Gasteiger partial charge on any atom is 0.217 e. The van der Waals surface area contributed by atoms with Crippen LogP contribution in [0.2, 0.25) is 0 Å². The van der Waals surface area contributed by atoms with Gasteiger partial charge in [-0.25, -0.2) is 0 Å². The summed E-state index contributed by atoms with van der Waals surface area (Å²) in [6, 6.07) is 9.99. The lowest BCUT2D eigenvalue weighted by molar-refractivity contribution is 0.0826. The molecule has 3 rings (SSSR count). The van der Waals surface area contributed by atoms with Crippen molar-refractivity contribution in [2.24, 2.45) is 5.73 Å². The summed E-state index contributed by atoms with van der Waals surface area (Å²) in [5.74, 6) is -0.922. The summed E-state index contributed by atoms with van der Waals surface area (Å²) in [6.07, 6.45) is 7.07. The van der Waals surface area contributed by atoms with E-state index in [1.807, 2.05) is 42.5 Å². The Bertz CT molecular complexity index is 400. The van der Waals surface area contributed by atoms with Crippen LogP contribution in [0.25, 0.3) is 0 Å². The van der Waals surface area contributed by atoms with Crippen molar-refractivity contribution >= 4 is 0 Å². The van der Waals surface area contributed by atoms with Crippen LogP contribution in [-0.4, -0.2) is 17.0 Å². The van der Waals surface area contributed by atoms with Gasteiger partial charge in [-0.3, -0.25) is 0 Å². The summed E-state index contributed by atoms with van der Waals surface area (Å²) >= 11 is 0. The van der Waals surface area contributed by atoms with Gasteiger partial charge < -0.3 is 15.6 Å². The van der Waals surface area contributed by atoms with E-state index < -0.39 is 5.79 Å². The van der Waals surface area contributed by atoms with Crippen LogP contribution in [0.1, 0.15) is 5.56 Å². The van der Waals surface area contributed by atoms with E-state index in [2.05, 4.69) is 0 Å². The second-order valence-electron chi connectivity index (χ2n) is 3.72. The van der Waals surface area contributed by atoms with Crippen molar-refractivity contribution in [3.8, 4) is 0 Å². The molecule has 0 aromatic heterocycles. The molecule has 2 unspecified atom stereocenters. The number of ether oxygens (including phenoxy) is 1. The number of aliphatic hydroxyl groups is 1. The molecule has 3 heteroatoms. The third kappa shape index (κ3) is 2.58. The molecule has 0 spiro atoms. The Labute approximate surface area is 94.8 Å². The SMILES string of the molecule is NCc1ccccc1.OC12C=CC=CC1O2. The molecule has 2 aliphatic rings. The van der Waals surface area contributed by atoms with Crippen LogP contribution < -0.4 is 5.73 Å². The molecule has 1 saturated heterocycles. The molecule has 1 heterocycles. The van der Waals surface area contributed by atoms with Gasteiger partial charge in [0.2, 0.25) is 5.79 Å². The summed E-state index contributed by atoms with van der Waals surface area (Å²) in [4.78, 5) is 0. The van der Waals surface area contributed by atoms with Crippen molar-refractivity contribution in [2.45, 2.75) is 18.4 Å². The Kier molecular flexibility index (Phi) is 3.19. The maximum atomic E-state index is 9.09. The lowest BCUT2D eigenvalue weighted by Gasteiger charge is -1.95. The van der Waals surface area contributed by atoms with Gasteiger partial charge in [0.25, 0.3) is 0 Å². The second-order valence-corrected chi connectivity index (χ2v) is 3.72. The molecule has 1 fully saturated rings. The number of rotatable bonds is 1. The van der Waals surface area contributed by atoms with Crippen molar-refractivity contribution in [3.05, 3.63) is 60.2 Å². The van der Waals surface area contributed by atoms with Gasteiger partial charge in [0.05, 0.1) is 0 Å².